The number of hydrogen-bond acceptors (Lipinski definition) is 4. The molecule has 0 spiro atoms. The minimum absolute atomic E-state index is 0. The summed E-state index contributed by atoms with van der Waals surface area (Å²) in [4.78, 5) is 0.0804. The number of methoxy groups -OCH3 is 1. The van der Waals surface area contributed by atoms with Gasteiger partial charge in [-0.25, -0.2) is 0 Å². The van der Waals surface area contributed by atoms with Crippen molar-refractivity contribution in [2.45, 2.75) is 11.8 Å². The van der Waals surface area contributed by atoms with Gasteiger partial charge in [0, 0.05) is 23.7 Å². The molecule has 0 saturated carbocycles. The molecule has 2 radical (unpaired) electrons. The topological polar surface area (TPSA) is 52.6 Å². The summed E-state index contributed by atoms with van der Waals surface area (Å²) in [5.74, 6) is 0.587. The maximum Gasteiger partial charge on any atom is 0.338 e. The van der Waals surface area contributed by atoms with E-state index in [2.05, 4.69) is 0 Å². The van der Waals surface area contributed by atoms with Crippen molar-refractivity contribution in [2.75, 3.05) is 7.11 Å². The summed E-state index contributed by atoms with van der Waals surface area (Å²) in [6.45, 7) is 1.98. The van der Waals surface area contributed by atoms with Crippen molar-refractivity contribution in [1.29, 1.82) is 0 Å². The van der Waals surface area contributed by atoms with E-state index in [0.717, 1.165) is 11.1 Å². The Morgan fingerprint density at radius 2 is 1.55 bits per heavy atom. The Morgan fingerprint density at radius 3 is 2.09 bits per heavy atom. The van der Waals surface area contributed by atoms with Crippen LogP contribution in [0, 0.1) is 6.92 Å². The molecule has 2 rings (SSSR count). The van der Waals surface area contributed by atoms with Gasteiger partial charge in [-0.1, -0.05) is 29.8 Å². The normalized spacial score (nSPS) is 11.0. The molecule has 0 fully saturated rings. The van der Waals surface area contributed by atoms with Gasteiger partial charge in [-0.05, 0) is 42.8 Å². The molecule has 2 aromatic carbocycles. The number of rotatable bonds is 5. The molecule has 2 aromatic rings. The number of aryl methyl sites for hydroxylation is 1. The predicted octanol–water partition coefficient (Wildman–Crippen LogP) is 3.00. The second-order valence-corrected chi connectivity index (χ2v) is 6.01. The van der Waals surface area contributed by atoms with Gasteiger partial charge < -0.3 is 8.92 Å². The molecule has 0 N–H and O–H groups in total. The van der Waals surface area contributed by atoms with Crippen LogP contribution in [-0.2, 0) is 14.3 Å². The summed E-state index contributed by atoms with van der Waals surface area (Å²) in [6.07, 6.45) is 2.77. The zero-order chi connectivity index (χ0) is 15.3. The third-order valence-corrected chi connectivity index (χ3v) is 4.08. The van der Waals surface area contributed by atoms with Crippen molar-refractivity contribution in [3.05, 3.63) is 65.9 Å². The Bertz CT molecular complexity index is 720. The van der Waals surface area contributed by atoms with Crippen molar-refractivity contribution in [3.8, 4) is 5.75 Å². The molecule has 116 valence electrons. The first kappa shape index (κ1) is 18.6. The van der Waals surface area contributed by atoms with E-state index in [9.17, 15) is 8.42 Å². The van der Waals surface area contributed by atoms with Gasteiger partial charge in [0.15, 0.2) is 0 Å². The molecule has 0 aromatic heterocycles. The van der Waals surface area contributed by atoms with Crippen LogP contribution in [0.5, 0.6) is 5.75 Å². The predicted molar refractivity (Wildman–Crippen MR) is 87.2 cm³/mol. The maximum absolute atomic E-state index is 12.0. The molecule has 6 heteroatoms. The molecular formula is C16H16O4STe. The van der Waals surface area contributed by atoms with Crippen molar-refractivity contribution < 1.29 is 17.3 Å². The van der Waals surface area contributed by atoms with Crippen LogP contribution in [-0.4, -0.2) is 39.2 Å². The first-order valence-electron chi connectivity index (χ1n) is 6.32. The van der Waals surface area contributed by atoms with Gasteiger partial charge in [0.25, 0.3) is 0 Å². The molecule has 0 unspecified atom stereocenters. The summed E-state index contributed by atoms with van der Waals surface area (Å²) in [5, 5.41) is 0. The van der Waals surface area contributed by atoms with Crippen molar-refractivity contribution in [3.63, 3.8) is 0 Å². The average molecular weight is 432 g/mol. The molecule has 0 atom stereocenters. The van der Waals surface area contributed by atoms with E-state index in [4.69, 9.17) is 8.92 Å². The quantitative estimate of drug-likeness (QED) is 0.415. The van der Waals surface area contributed by atoms with Crippen molar-refractivity contribution in [2.24, 2.45) is 0 Å². The third-order valence-electron chi connectivity index (χ3n) is 2.87. The monoisotopic (exact) mass is 434 g/mol. The van der Waals surface area contributed by atoms with E-state index in [1.54, 1.807) is 18.2 Å². The van der Waals surface area contributed by atoms with Gasteiger partial charge in [0.2, 0.25) is 0 Å². The second kappa shape index (κ2) is 8.23. The van der Waals surface area contributed by atoms with Gasteiger partial charge in [-0.3, -0.25) is 0 Å². The molecule has 0 aliphatic rings. The first-order valence-corrected chi connectivity index (χ1v) is 7.73. The maximum atomic E-state index is 12.0. The number of benzene rings is 2. The van der Waals surface area contributed by atoms with Gasteiger partial charge >= 0.3 is 10.1 Å². The standard InChI is InChI=1S/C16H16O4S.Te/c1-13-3-5-14(6-4-13)11-12-20-21(17,18)16-9-7-15(19-2)8-10-16;/h3-12H,1-2H3;. The van der Waals surface area contributed by atoms with E-state index >= 15 is 0 Å². The first-order chi connectivity index (χ1) is 10.0. The fourth-order valence-corrected chi connectivity index (χ4v) is 2.44. The summed E-state index contributed by atoms with van der Waals surface area (Å²) in [7, 11) is -2.29. The average Bonchev–Trinajstić information content (AvgIpc) is 2.49. The van der Waals surface area contributed by atoms with Crippen LogP contribution in [0.1, 0.15) is 11.1 Å². The fourth-order valence-electron chi connectivity index (χ4n) is 1.65. The minimum Gasteiger partial charge on any atom is -0.497 e. The van der Waals surface area contributed by atoms with Crippen molar-refractivity contribution >= 4 is 39.9 Å². The van der Waals surface area contributed by atoms with Crippen LogP contribution in [0.4, 0.5) is 0 Å². The largest absolute Gasteiger partial charge is 0.497 e. The van der Waals surface area contributed by atoms with Crippen LogP contribution in [0.2, 0.25) is 0 Å². The second-order valence-electron chi connectivity index (χ2n) is 4.44. The summed E-state index contributed by atoms with van der Waals surface area (Å²) in [5.41, 5.74) is 2.00. The Hall–Kier alpha value is -1.48. The molecule has 4 nitrogen and oxygen atoms in total. The van der Waals surface area contributed by atoms with E-state index < -0.39 is 10.1 Å². The summed E-state index contributed by atoms with van der Waals surface area (Å²) < 4.78 is 33.8. The zero-order valence-corrected chi connectivity index (χ0v) is 15.4. The molecule has 0 saturated heterocycles. The molecule has 0 bridgehead atoms. The Morgan fingerprint density at radius 1 is 0.955 bits per heavy atom. The molecular weight excluding hydrogens is 416 g/mol. The van der Waals surface area contributed by atoms with Gasteiger partial charge in [0.05, 0.1) is 7.11 Å². The molecule has 0 aliphatic heterocycles. The van der Waals surface area contributed by atoms with Crippen LogP contribution < -0.4 is 4.74 Å². The number of ether oxygens (including phenoxy) is 1. The van der Waals surface area contributed by atoms with Crippen LogP contribution >= 0.6 is 0 Å². The zero-order valence-electron chi connectivity index (χ0n) is 12.2. The van der Waals surface area contributed by atoms with E-state index in [-0.39, 0.29) is 28.6 Å². The summed E-state index contributed by atoms with van der Waals surface area (Å²) >= 11 is 0. The Labute approximate surface area is 147 Å². The van der Waals surface area contributed by atoms with Crippen LogP contribution in [0.3, 0.4) is 0 Å². The number of hydrogen-bond donors (Lipinski definition) is 0. The van der Waals surface area contributed by atoms with Gasteiger partial charge in [-0.15, -0.1) is 0 Å². The van der Waals surface area contributed by atoms with E-state index in [1.807, 2.05) is 31.2 Å². The fraction of sp³-hybridized carbons (Fsp3) is 0.125. The van der Waals surface area contributed by atoms with Crippen LogP contribution in [0.15, 0.2) is 59.7 Å². The Balaban J connectivity index is 0.00000242. The summed E-state index contributed by atoms with van der Waals surface area (Å²) in [6, 6.07) is 13.7. The molecule has 0 aliphatic carbocycles. The van der Waals surface area contributed by atoms with E-state index in [1.165, 1.54) is 25.5 Å². The SMILES string of the molecule is COc1ccc(S(=O)(=O)OC=Cc2ccc(C)cc2)cc1.[Te]. The van der Waals surface area contributed by atoms with Gasteiger partial charge in [0.1, 0.15) is 16.9 Å². The van der Waals surface area contributed by atoms with E-state index in [0.29, 0.717) is 5.75 Å². The Kier molecular flexibility index (Phi) is 6.95. The molecule has 22 heavy (non-hydrogen) atoms. The van der Waals surface area contributed by atoms with Crippen LogP contribution in [0.25, 0.3) is 6.08 Å². The molecule has 0 amide bonds. The third kappa shape index (κ3) is 5.06. The minimum atomic E-state index is -3.81. The smallest absolute Gasteiger partial charge is 0.338 e. The van der Waals surface area contributed by atoms with Gasteiger partial charge in [-0.2, -0.15) is 8.42 Å². The molecule has 0 heterocycles. The van der Waals surface area contributed by atoms with Crippen molar-refractivity contribution in [1.82, 2.24) is 0 Å².